The zero-order valence-corrected chi connectivity index (χ0v) is 14.8. The van der Waals surface area contributed by atoms with Gasteiger partial charge in [-0.25, -0.2) is 39.3 Å². The summed E-state index contributed by atoms with van der Waals surface area (Å²) in [5, 5.41) is 0. The van der Waals surface area contributed by atoms with Crippen LogP contribution in [0.1, 0.15) is 10.4 Å². The molecular weight excluding hydrogens is 376 g/mol. The van der Waals surface area contributed by atoms with Crippen molar-refractivity contribution in [2.24, 2.45) is 5.73 Å². The van der Waals surface area contributed by atoms with Crippen LogP contribution in [-0.2, 0) is 0 Å². The molecule has 0 spiro atoms. The molecular formula is C16H14N12O. The molecule has 29 heavy (non-hydrogen) atoms. The van der Waals surface area contributed by atoms with Crippen LogP contribution >= 0.6 is 0 Å². The molecule has 13 nitrogen and oxygen atoms in total. The average Bonchev–Trinajstić information content (AvgIpc) is 3.35. The zero-order chi connectivity index (χ0) is 20.4. The number of rotatable bonds is 2. The number of imidazole rings is 2. The maximum absolute atomic E-state index is 10.4. The summed E-state index contributed by atoms with van der Waals surface area (Å²) in [5.74, 6) is 0.183. The van der Waals surface area contributed by atoms with Gasteiger partial charge in [0.15, 0.2) is 34.0 Å². The number of nitrogen functional groups attached to an aromatic ring is 2. The van der Waals surface area contributed by atoms with Gasteiger partial charge in [-0.15, -0.1) is 0 Å². The Morgan fingerprint density at radius 1 is 0.828 bits per heavy atom. The molecule has 0 aliphatic rings. The molecule has 0 bridgehead atoms. The topological polar surface area (TPSA) is 195 Å². The van der Waals surface area contributed by atoms with Gasteiger partial charge in [-0.3, -0.25) is 9.78 Å². The second-order valence-electron chi connectivity index (χ2n) is 5.65. The number of primary amides is 1. The van der Waals surface area contributed by atoms with Crippen LogP contribution in [0.4, 0.5) is 11.6 Å². The fourth-order valence-corrected chi connectivity index (χ4v) is 2.51. The van der Waals surface area contributed by atoms with Crippen LogP contribution in [0.25, 0.3) is 22.3 Å². The van der Waals surface area contributed by atoms with Crippen molar-refractivity contribution in [1.82, 2.24) is 44.2 Å². The highest BCUT2D eigenvalue weighted by Crippen LogP contribution is 2.18. The summed E-state index contributed by atoms with van der Waals surface area (Å²) in [6.45, 7) is 0. The van der Waals surface area contributed by atoms with Gasteiger partial charge in [0.05, 0.1) is 5.56 Å². The summed E-state index contributed by atoms with van der Waals surface area (Å²) < 4.78 is 3.32. The second kappa shape index (κ2) is 7.15. The molecule has 0 aliphatic heterocycles. The molecule has 5 aromatic heterocycles. The molecule has 0 fully saturated rings. The molecule has 5 heterocycles. The number of anilines is 2. The molecule has 0 saturated heterocycles. The Morgan fingerprint density at radius 3 is 1.79 bits per heavy atom. The van der Waals surface area contributed by atoms with Gasteiger partial charge in [0.1, 0.15) is 25.3 Å². The lowest BCUT2D eigenvalue weighted by Crippen LogP contribution is -2.10. The third-order valence-corrected chi connectivity index (χ3v) is 3.87. The number of fused-ring (bicyclic) bond motifs is 2. The minimum absolute atomic E-state index is 0.312. The molecule has 13 heteroatoms. The van der Waals surface area contributed by atoms with Crippen molar-refractivity contribution in [2.45, 2.75) is 0 Å². The highest BCUT2D eigenvalue weighted by atomic mass is 16.1. The Morgan fingerprint density at radius 2 is 1.38 bits per heavy atom. The lowest BCUT2D eigenvalue weighted by molar-refractivity contribution is 0.1000. The summed E-state index contributed by atoms with van der Waals surface area (Å²) >= 11 is 0. The van der Waals surface area contributed by atoms with Crippen molar-refractivity contribution in [3.63, 3.8) is 0 Å². The number of nitrogens with two attached hydrogens (primary N) is 3. The van der Waals surface area contributed by atoms with Gasteiger partial charge in [-0.05, 0) is 12.1 Å². The molecule has 0 aromatic carbocycles. The monoisotopic (exact) mass is 390 g/mol. The first kappa shape index (κ1) is 17.7. The van der Waals surface area contributed by atoms with Crippen LogP contribution in [0.5, 0.6) is 0 Å². The van der Waals surface area contributed by atoms with E-state index in [9.17, 15) is 4.79 Å². The van der Waals surface area contributed by atoms with E-state index in [0.717, 1.165) is 0 Å². The number of hydrogen-bond donors (Lipinski definition) is 3. The highest BCUT2D eigenvalue weighted by Gasteiger charge is 2.13. The number of amides is 1. The first-order valence-electron chi connectivity index (χ1n) is 8.14. The number of carbonyl (C=O) groups excluding carboxylic acids is 1. The van der Waals surface area contributed by atoms with Crippen LogP contribution in [-0.4, -0.2) is 50.1 Å². The van der Waals surface area contributed by atoms with Gasteiger partial charge >= 0.3 is 0 Å². The van der Waals surface area contributed by atoms with Gasteiger partial charge in [-0.2, -0.15) is 0 Å². The van der Waals surface area contributed by atoms with Crippen LogP contribution in [0.2, 0.25) is 0 Å². The van der Waals surface area contributed by atoms with E-state index in [1.807, 2.05) is 0 Å². The fraction of sp³-hybridized carbons (Fsp3) is 0. The molecule has 0 aliphatic carbocycles. The van der Waals surface area contributed by atoms with Crippen molar-refractivity contribution in [3.8, 4) is 0 Å². The van der Waals surface area contributed by atoms with E-state index in [4.69, 9.17) is 17.2 Å². The van der Waals surface area contributed by atoms with Crippen LogP contribution in [0, 0.1) is 0 Å². The summed E-state index contributed by atoms with van der Waals surface area (Å²) in [7, 11) is 0. The Kier molecular flexibility index (Phi) is 4.37. The lowest BCUT2D eigenvalue weighted by atomic mass is 10.3. The van der Waals surface area contributed by atoms with Crippen molar-refractivity contribution < 1.29 is 4.79 Å². The van der Waals surface area contributed by atoms with E-state index in [0.29, 0.717) is 39.5 Å². The summed E-state index contributed by atoms with van der Waals surface area (Å²) in [6, 6.07) is 3.29. The van der Waals surface area contributed by atoms with Gasteiger partial charge in [0.25, 0.3) is 0 Å². The standard InChI is InChI=1S/C10H8N10.C6H6N2O/c11-7-5-9(15-1-13-7)19(3-17-5)20-4-18-6-8(12)14-2-16-10(6)20;7-6(9)5-2-1-3-8-4-5/h1-4H,(H2,11,13,15)(H2,12,14,16);1-4H,(H2,7,9). The minimum Gasteiger partial charge on any atom is -0.382 e. The molecule has 5 rings (SSSR count). The number of pyridine rings is 1. The molecule has 1 amide bonds. The van der Waals surface area contributed by atoms with Crippen molar-refractivity contribution in [1.29, 1.82) is 0 Å². The largest absolute Gasteiger partial charge is 0.382 e. The minimum atomic E-state index is -0.442. The number of hydrogen-bond acceptors (Lipinski definition) is 10. The van der Waals surface area contributed by atoms with Crippen LogP contribution in [0.15, 0.2) is 49.8 Å². The number of nitrogens with zero attached hydrogens (tertiary/aromatic N) is 9. The first-order chi connectivity index (χ1) is 14.1. The van der Waals surface area contributed by atoms with E-state index in [-0.39, 0.29) is 0 Å². The van der Waals surface area contributed by atoms with E-state index in [1.165, 1.54) is 18.9 Å². The first-order valence-corrected chi connectivity index (χ1v) is 8.14. The second-order valence-corrected chi connectivity index (χ2v) is 5.65. The van der Waals surface area contributed by atoms with Gasteiger partial charge < -0.3 is 17.2 Å². The SMILES string of the molecule is NC(=O)c1cccnc1.Nc1ncnc2c1ncn2-n1cnc2c(N)ncnc21. The predicted molar refractivity (Wildman–Crippen MR) is 103 cm³/mol. The number of carbonyl (C=O) groups is 1. The summed E-state index contributed by atoms with van der Waals surface area (Å²) in [6.07, 6.45) is 8.90. The molecule has 144 valence electrons. The summed E-state index contributed by atoms with van der Waals surface area (Å²) in [5.41, 5.74) is 19.0. The Hall–Kier alpha value is -4.68. The van der Waals surface area contributed by atoms with Crippen LogP contribution in [0.3, 0.4) is 0 Å². The predicted octanol–water partition coefficient (Wildman–Crippen LogP) is -0.378. The Labute approximate surface area is 162 Å². The molecule has 0 unspecified atom stereocenters. The number of aromatic nitrogens is 9. The Bertz CT molecular complexity index is 1230. The molecule has 0 saturated carbocycles. The van der Waals surface area contributed by atoms with Gasteiger partial charge in [-0.1, -0.05) is 0 Å². The van der Waals surface area contributed by atoms with Gasteiger partial charge in [0, 0.05) is 12.4 Å². The Balaban J connectivity index is 0.000000192. The molecule has 0 radical (unpaired) electrons. The maximum atomic E-state index is 10.4. The third-order valence-electron chi connectivity index (χ3n) is 3.87. The quantitative estimate of drug-likeness (QED) is 0.357. The maximum Gasteiger partial charge on any atom is 0.250 e. The van der Waals surface area contributed by atoms with E-state index >= 15 is 0 Å². The van der Waals surface area contributed by atoms with E-state index in [2.05, 4.69) is 34.9 Å². The van der Waals surface area contributed by atoms with E-state index in [1.54, 1.807) is 40.3 Å². The van der Waals surface area contributed by atoms with Crippen molar-refractivity contribution in [2.75, 3.05) is 11.5 Å². The van der Waals surface area contributed by atoms with Crippen LogP contribution < -0.4 is 17.2 Å². The normalized spacial score (nSPS) is 10.6. The molecule has 0 atom stereocenters. The average molecular weight is 390 g/mol. The zero-order valence-electron chi connectivity index (χ0n) is 14.8. The highest BCUT2D eigenvalue weighted by molar-refractivity contribution is 5.92. The smallest absolute Gasteiger partial charge is 0.250 e. The van der Waals surface area contributed by atoms with Gasteiger partial charge in [0.2, 0.25) is 5.91 Å². The van der Waals surface area contributed by atoms with E-state index < -0.39 is 5.91 Å². The molecule has 5 aromatic rings. The summed E-state index contributed by atoms with van der Waals surface area (Å²) in [4.78, 5) is 38.6. The van der Waals surface area contributed by atoms with Crippen molar-refractivity contribution in [3.05, 3.63) is 55.4 Å². The lowest BCUT2D eigenvalue weighted by Gasteiger charge is -2.04. The van der Waals surface area contributed by atoms with Crippen molar-refractivity contribution >= 4 is 39.9 Å². The fourth-order valence-electron chi connectivity index (χ4n) is 2.51. The third kappa shape index (κ3) is 3.23. The molecule has 6 N–H and O–H groups in total.